The van der Waals surface area contributed by atoms with Gasteiger partial charge in [0.05, 0.1) is 10.5 Å². The molecular weight excluding hydrogens is 366 g/mol. The molecule has 6 nitrogen and oxygen atoms in total. The maximum absolute atomic E-state index is 12.0. The summed E-state index contributed by atoms with van der Waals surface area (Å²) in [5, 5.41) is 3.07. The van der Waals surface area contributed by atoms with E-state index >= 15 is 0 Å². The third-order valence-electron chi connectivity index (χ3n) is 3.31. The third-order valence-corrected chi connectivity index (χ3v) is 4.65. The monoisotopic (exact) mass is 381 g/mol. The molecule has 25 heavy (non-hydrogen) atoms. The summed E-state index contributed by atoms with van der Waals surface area (Å²) in [6.07, 6.45) is 1.04. The first-order valence-electron chi connectivity index (χ1n) is 7.20. The van der Waals surface area contributed by atoms with E-state index < -0.39 is 28.3 Å². The average molecular weight is 382 g/mol. The summed E-state index contributed by atoms with van der Waals surface area (Å²) < 4.78 is 27.9. The largest absolute Gasteiger partial charge is 0.452 e. The van der Waals surface area contributed by atoms with Crippen molar-refractivity contribution >= 4 is 39.0 Å². The Balaban J connectivity index is 2.00. The first kappa shape index (κ1) is 19.0. The fourth-order valence-corrected chi connectivity index (χ4v) is 2.82. The van der Waals surface area contributed by atoms with Crippen molar-refractivity contribution in [3.8, 4) is 0 Å². The van der Waals surface area contributed by atoms with Gasteiger partial charge in [-0.1, -0.05) is 23.7 Å². The van der Waals surface area contributed by atoms with Crippen LogP contribution in [0.3, 0.4) is 0 Å². The molecule has 0 unspecified atom stereocenters. The van der Waals surface area contributed by atoms with E-state index in [1.165, 1.54) is 24.3 Å². The molecule has 0 atom stereocenters. The van der Waals surface area contributed by atoms with Crippen molar-refractivity contribution < 1.29 is 22.7 Å². The Morgan fingerprint density at radius 1 is 1.16 bits per heavy atom. The summed E-state index contributed by atoms with van der Waals surface area (Å²) in [6, 6.07) is 10.5. The van der Waals surface area contributed by atoms with Gasteiger partial charge in [-0.25, -0.2) is 13.2 Å². The van der Waals surface area contributed by atoms with Crippen LogP contribution in [0.2, 0.25) is 5.02 Å². The van der Waals surface area contributed by atoms with Gasteiger partial charge in [0.2, 0.25) is 0 Å². The van der Waals surface area contributed by atoms with E-state index in [0.717, 1.165) is 11.8 Å². The van der Waals surface area contributed by atoms with Gasteiger partial charge in [-0.15, -0.1) is 0 Å². The van der Waals surface area contributed by atoms with Gasteiger partial charge >= 0.3 is 5.97 Å². The molecule has 0 aliphatic heterocycles. The molecule has 1 amide bonds. The quantitative estimate of drug-likeness (QED) is 0.804. The number of aryl methyl sites for hydroxylation is 1. The molecule has 0 aliphatic rings. The lowest BCUT2D eigenvalue weighted by Crippen LogP contribution is -2.21. The molecule has 0 bridgehead atoms. The molecule has 2 aromatic carbocycles. The fraction of sp³-hybridized carbons (Fsp3) is 0.176. The first-order valence-corrected chi connectivity index (χ1v) is 9.47. The Morgan fingerprint density at radius 2 is 1.88 bits per heavy atom. The van der Waals surface area contributed by atoms with E-state index in [0.29, 0.717) is 10.7 Å². The number of sulfone groups is 1. The van der Waals surface area contributed by atoms with Crippen molar-refractivity contribution in [1.29, 1.82) is 0 Å². The molecule has 132 valence electrons. The van der Waals surface area contributed by atoms with Crippen molar-refractivity contribution in [3.63, 3.8) is 0 Å². The molecule has 0 aromatic heterocycles. The number of carbonyl (C=O) groups excluding carboxylic acids is 2. The molecule has 0 saturated carbocycles. The minimum absolute atomic E-state index is 0.000883. The molecule has 0 spiro atoms. The predicted molar refractivity (Wildman–Crippen MR) is 94.7 cm³/mol. The highest BCUT2D eigenvalue weighted by atomic mass is 35.5. The number of rotatable bonds is 5. The van der Waals surface area contributed by atoms with Crippen LogP contribution in [0.4, 0.5) is 5.69 Å². The molecule has 0 radical (unpaired) electrons. The highest BCUT2D eigenvalue weighted by molar-refractivity contribution is 7.90. The Hall–Kier alpha value is -2.38. The van der Waals surface area contributed by atoms with Crippen molar-refractivity contribution in [2.24, 2.45) is 0 Å². The van der Waals surface area contributed by atoms with Crippen molar-refractivity contribution in [2.45, 2.75) is 11.8 Å². The topological polar surface area (TPSA) is 89.5 Å². The smallest absolute Gasteiger partial charge is 0.338 e. The SMILES string of the molecule is Cc1ccc(Cl)cc1NC(=O)COC(=O)c1cccc(S(C)(=O)=O)c1. The van der Waals surface area contributed by atoms with E-state index in [9.17, 15) is 18.0 Å². The number of halogens is 1. The Bertz CT molecular complexity index is 924. The summed E-state index contributed by atoms with van der Waals surface area (Å²) in [4.78, 5) is 23.9. The van der Waals surface area contributed by atoms with Gasteiger partial charge in [0.1, 0.15) is 0 Å². The number of amides is 1. The normalized spacial score (nSPS) is 11.0. The molecule has 8 heteroatoms. The minimum atomic E-state index is -3.44. The number of hydrogen-bond donors (Lipinski definition) is 1. The lowest BCUT2D eigenvalue weighted by Gasteiger charge is -2.09. The molecular formula is C17H16ClNO5S. The minimum Gasteiger partial charge on any atom is -0.452 e. The Labute approximate surface area is 150 Å². The third kappa shape index (κ3) is 5.30. The van der Waals surface area contributed by atoms with E-state index in [4.69, 9.17) is 16.3 Å². The average Bonchev–Trinajstić information content (AvgIpc) is 2.55. The number of ether oxygens (including phenoxy) is 1. The Kier molecular flexibility index (Phi) is 5.81. The summed E-state index contributed by atoms with van der Waals surface area (Å²) in [6.45, 7) is 1.29. The van der Waals surface area contributed by atoms with Crippen LogP contribution in [0.1, 0.15) is 15.9 Å². The van der Waals surface area contributed by atoms with Crippen LogP contribution in [-0.4, -0.2) is 33.2 Å². The number of nitrogens with one attached hydrogen (secondary N) is 1. The molecule has 0 fully saturated rings. The summed E-state index contributed by atoms with van der Waals surface area (Å²) in [5.41, 5.74) is 1.38. The lowest BCUT2D eigenvalue weighted by atomic mass is 10.2. The highest BCUT2D eigenvalue weighted by Gasteiger charge is 2.14. The van der Waals surface area contributed by atoms with E-state index in [-0.39, 0.29) is 10.5 Å². The van der Waals surface area contributed by atoms with Gasteiger partial charge in [0.15, 0.2) is 16.4 Å². The van der Waals surface area contributed by atoms with E-state index in [1.807, 2.05) is 0 Å². The molecule has 0 aliphatic carbocycles. The summed E-state index contributed by atoms with van der Waals surface area (Å²) in [7, 11) is -3.44. The summed E-state index contributed by atoms with van der Waals surface area (Å²) >= 11 is 5.87. The van der Waals surface area contributed by atoms with Crippen molar-refractivity contribution in [2.75, 3.05) is 18.2 Å². The first-order chi connectivity index (χ1) is 11.7. The maximum Gasteiger partial charge on any atom is 0.338 e. The van der Waals surface area contributed by atoms with E-state index in [1.54, 1.807) is 25.1 Å². The van der Waals surface area contributed by atoms with Gasteiger partial charge < -0.3 is 10.1 Å². The lowest BCUT2D eigenvalue weighted by molar-refractivity contribution is -0.119. The standard InChI is InChI=1S/C17H16ClNO5S/c1-11-6-7-13(18)9-15(11)19-16(20)10-24-17(21)12-4-3-5-14(8-12)25(2,22)23/h3-9H,10H2,1-2H3,(H,19,20). The number of benzene rings is 2. The maximum atomic E-state index is 12.0. The molecule has 2 aromatic rings. The van der Waals surface area contributed by atoms with Gasteiger partial charge in [0, 0.05) is 17.0 Å². The number of anilines is 1. The predicted octanol–water partition coefficient (Wildman–Crippen LogP) is 2.85. The molecule has 0 heterocycles. The van der Waals surface area contributed by atoms with Crippen LogP contribution in [0, 0.1) is 6.92 Å². The number of esters is 1. The summed E-state index contributed by atoms with van der Waals surface area (Å²) in [5.74, 6) is -1.32. The van der Waals surface area contributed by atoms with E-state index in [2.05, 4.69) is 5.32 Å². The van der Waals surface area contributed by atoms with Crippen LogP contribution in [0.5, 0.6) is 0 Å². The van der Waals surface area contributed by atoms with Gasteiger partial charge in [-0.05, 0) is 42.8 Å². The second-order valence-electron chi connectivity index (χ2n) is 5.38. The van der Waals surface area contributed by atoms with Crippen LogP contribution < -0.4 is 5.32 Å². The second kappa shape index (κ2) is 7.67. The zero-order chi connectivity index (χ0) is 18.6. The zero-order valence-corrected chi connectivity index (χ0v) is 15.1. The van der Waals surface area contributed by atoms with Crippen LogP contribution in [0.15, 0.2) is 47.4 Å². The van der Waals surface area contributed by atoms with Crippen LogP contribution in [0.25, 0.3) is 0 Å². The molecule has 0 saturated heterocycles. The highest BCUT2D eigenvalue weighted by Crippen LogP contribution is 2.20. The van der Waals surface area contributed by atoms with Gasteiger partial charge in [-0.2, -0.15) is 0 Å². The second-order valence-corrected chi connectivity index (χ2v) is 7.84. The Morgan fingerprint density at radius 3 is 2.56 bits per heavy atom. The number of hydrogen-bond acceptors (Lipinski definition) is 5. The fourth-order valence-electron chi connectivity index (χ4n) is 1.98. The van der Waals surface area contributed by atoms with Crippen molar-refractivity contribution in [3.05, 3.63) is 58.6 Å². The zero-order valence-electron chi connectivity index (χ0n) is 13.6. The van der Waals surface area contributed by atoms with Crippen LogP contribution in [-0.2, 0) is 19.4 Å². The van der Waals surface area contributed by atoms with Gasteiger partial charge in [-0.3, -0.25) is 4.79 Å². The van der Waals surface area contributed by atoms with Gasteiger partial charge in [0.25, 0.3) is 5.91 Å². The number of carbonyl (C=O) groups is 2. The van der Waals surface area contributed by atoms with Crippen molar-refractivity contribution in [1.82, 2.24) is 0 Å². The van der Waals surface area contributed by atoms with Crippen LogP contribution >= 0.6 is 11.6 Å². The molecule has 1 N–H and O–H groups in total. The molecule has 2 rings (SSSR count).